The summed E-state index contributed by atoms with van der Waals surface area (Å²) in [5, 5.41) is 4.31. The van der Waals surface area contributed by atoms with Gasteiger partial charge in [-0.3, -0.25) is 0 Å². The number of alkyl halides is 6. The minimum absolute atomic E-state index is 0. The number of hydrogen-bond donors (Lipinski definition) is 0. The standard InChI is InChI=1S/C18H15P.C2F6NO4S2.Au/c1-4-10-16(11-5-1)19(17-12-6-2-7-13-17)18-14-8-3-9-15-18;3-1(4,5)14(10,11)9-15(12,13)2(6,7)8;/h1-15H;;/q;-1;+1/p+1. The number of hydrogen-bond acceptors (Lipinski definition) is 4. The monoisotopic (exact) mass is 740 g/mol. The summed E-state index contributed by atoms with van der Waals surface area (Å²) in [6.45, 7) is 0. The fourth-order valence-corrected chi connectivity index (χ4v) is 6.82. The molecule has 3 aromatic rings. The van der Waals surface area contributed by atoms with E-state index in [1.54, 1.807) is 0 Å². The summed E-state index contributed by atoms with van der Waals surface area (Å²) >= 11 is 0. The quantitative estimate of drug-likeness (QED) is 0.223. The van der Waals surface area contributed by atoms with Crippen LogP contribution in [0.5, 0.6) is 0 Å². The van der Waals surface area contributed by atoms with Gasteiger partial charge in [0.2, 0.25) is 0 Å². The zero-order valence-corrected chi connectivity index (χ0v) is 21.9. The molecule has 35 heavy (non-hydrogen) atoms. The molecule has 0 aromatic heterocycles. The van der Waals surface area contributed by atoms with E-state index in [1.165, 1.54) is 15.9 Å². The van der Waals surface area contributed by atoms with Crippen molar-refractivity contribution in [2.45, 2.75) is 11.0 Å². The Bertz CT molecular complexity index is 1140. The van der Waals surface area contributed by atoms with Gasteiger partial charge >= 0.3 is 33.4 Å². The van der Waals surface area contributed by atoms with Gasteiger partial charge in [-0.25, -0.2) is 16.8 Å². The summed E-state index contributed by atoms with van der Waals surface area (Å²) in [5.41, 5.74) is -12.4. The Kier molecular flexibility index (Phi) is 11.2. The largest absolute Gasteiger partial charge is 1.00 e. The Hall–Kier alpha value is -1.73. The van der Waals surface area contributed by atoms with Crippen LogP contribution in [0.25, 0.3) is 4.13 Å². The van der Waals surface area contributed by atoms with E-state index in [4.69, 9.17) is 0 Å². The molecule has 0 saturated heterocycles. The molecule has 0 N–H and O–H groups in total. The zero-order chi connectivity index (χ0) is 25.6. The summed E-state index contributed by atoms with van der Waals surface area (Å²) in [6, 6.07) is 32.5. The SMILES string of the molecule is O=S(=O)([N-]S(=O)(=O)C(F)(F)F)C(F)(F)F.[Au+].c1ccc([PH+](c2ccccc2)c2ccccc2)cc1. The smallest absolute Gasteiger partial charge is 0.421 e. The van der Waals surface area contributed by atoms with Crippen molar-refractivity contribution in [2.75, 3.05) is 0 Å². The van der Waals surface area contributed by atoms with Gasteiger partial charge in [0.05, 0.1) is 7.92 Å². The molecule has 0 atom stereocenters. The Labute approximate surface area is 214 Å². The first-order chi connectivity index (χ1) is 15.7. The second-order valence-corrected chi connectivity index (χ2v) is 12.3. The number of halogens is 6. The first-order valence-electron chi connectivity index (χ1n) is 9.06. The van der Waals surface area contributed by atoms with Crippen LogP contribution in [0.15, 0.2) is 91.0 Å². The van der Waals surface area contributed by atoms with Gasteiger partial charge in [0, 0.05) is 0 Å². The van der Waals surface area contributed by atoms with Crippen LogP contribution in [0.4, 0.5) is 26.3 Å². The van der Waals surface area contributed by atoms with Crippen molar-refractivity contribution in [3.63, 3.8) is 0 Å². The van der Waals surface area contributed by atoms with Crippen LogP contribution in [-0.4, -0.2) is 27.9 Å². The van der Waals surface area contributed by atoms with Crippen molar-refractivity contribution in [3.05, 3.63) is 95.1 Å². The van der Waals surface area contributed by atoms with E-state index in [-0.39, 0.29) is 22.4 Å². The molecule has 0 aliphatic rings. The van der Waals surface area contributed by atoms with Crippen molar-refractivity contribution >= 4 is 43.9 Å². The maximum atomic E-state index is 11.4. The van der Waals surface area contributed by atoms with Crippen LogP contribution in [-0.2, 0) is 42.4 Å². The van der Waals surface area contributed by atoms with Crippen molar-refractivity contribution in [1.82, 2.24) is 0 Å². The van der Waals surface area contributed by atoms with Crippen LogP contribution >= 0.6 is 7.92 Å². The molecule has 0 aliphatic heterocycles. The first-order valence-corrected chi connectivity index (χ1v) is 13.4. The van der Waals surface area contributed by atoms with E-state index in [2.05, 4.69) is 91.0 Å². The number of nitrogens with zero attached hydrogens (tertiary/aromatic N) is 1. The fraction of sp³-hybridized carbons (Fsp3) is 0.100. The molecule has 3 rings (SSSR count). The van der Waals surface area contributed by atoms with E-state index < -0.39 is 39.0 Å². The van der Waals surface area contributed by atoms with E-state index in [0.717, 1.165) is 4.13 Å². The second-order valence-electron chi connectivity index (χ2n) is 6.39. The van der Waals surface area contributed by atoms with Crippen molar-refractivity contribution in [1.29, 1.82) is 0 Å². The normalized spacial score (nSPS) is 12.3. The van der Waals surface area contributed by atoms with Gasteiger partial charge in [0.25, 0.3) is 0 Å². The van der Waals surface area contributed by atoms with Gasteiger partial charge < -0.3 is 4.13 Å². The van der Waals surface area contributed by atoms with Gasteiger partial charge in [-0.15, -0.1) is 0 Å². The molecular formula is C20H16AuF6NO4PS2+. The predicted octanol–water partition coefficient (Wildman–Crippen LogP) is 4.23. The molecular weight excluding hydrogens is 724 g/mol. The van der Waals surface area contributed by atoms with E-state index in [1.807, 2.05) is 0 Å². The summed E-state index contributed by atoms with van der Waals surface area (Å²) in [5.74, 6) is 0. The van der Waals surface area contributed by atoms with Crippen molar-refractivity contribution < 1.29 is 65.6 Å². The molecule has 0 aliphatic carbocycles. The minimum Gasteiger partial charge on any atom is -0.421 e. The molecule has 0 saturated carbocycles. The van der Waals surface area contributed by atoms with Gasteiger partial charge in [-0.1, -0.05) is 54.6 Å². The minimum atomic E-state index is -6.72. The number of sulfonamides is 2. The van der Waals surface area contributed by atoms with Gasteiger partial charge in [0.15, 0.2) is 20.0 Å². The Morgan fingerprint density at radius 3 is 0.943 bits per heavy atom. The van der Waals surface area contributed by atoms with E-state index in [0.29, 0.717) is 0 Å². The predicted molar refractivity (Wildman–Crippen MR) is 120 cm³/mol. The molecule has 15 heteroatoms. The van der Waals surface area contributed by atoms with Gasteiger partial charge in [-0.05, 0) is 36.4 Å². The summed E-state index contributed by atoms with van der Waals surface area (Å²) < 4.78 is 109. The maximum absolute atomic E-state index is 11.4. The van der Waals surface area contributed by atoms with Crippen molar-refractivity contribution in [3.8, 4) is 0 Å². The van der Waals surface area contributed by atoms with E-state index >= 15 is 0 Å². The number of benzene rings is 3. The molecule has 0 bridgehead atoms. The molecule has 3 aromatic carbocycles. The molecule has 0 spiro atoms. The van der Waals surface area contributed by atoms with Crippen molar-refractivity contribution in [2.24, 2.45) is 0 Å². The molecule has 0 fully saturated rings. The molecule has 0 radical (unpaired) electrons. The molecule has 194 valence electrons. The molecule has 0 heterocycles. The Morgan fingerprint density at radius 1 is 0.514 bits per heavy atom. The summed E-state index contributed by atoms with van der Waals surface area (Å²) in [6.07, 6.45) is 0. The molecule has 0 amide bonds. The molecule has 5 nitrogen and oxygen atoms in total. The third-order valence-electron chi connectivity index (χ3n) is 3.97. The second kappa shape index (κ2) is 12.5. The fourth-order valence-electron chi connectivity index (χ4n) is 2.53. The summed E-state index contributed by atoms with van der Waals surface area (Å²) in [7, 11) is -14.3. The van der Waals surface area contributed by atoms with E-state index in [9.17, 15) is 43.2 Å². The van der Waals surface area contributed by atoms with Crippen LogP contribution in [0.1, 0.15) is 0 Å². The zero-order valence-electron chi connectivity index (χ0n) is 17.1. The maximum Gasteiger partial charge on any atom is 1.00 e. The topological polar surface area (TPSA) is 82.4 Å². The Morgan fingerprint density at radius 2 is 0.743 bits per heavy atom. The Balaban J connectivity index is 0.000000352. The summed E-state index contributed by atoms with van der Waals surface area (Å²) in [4.78, 5) is 0. The van der Waals surface area contributed by atoms with Crippen LogP contribution in [0.2, 0.25) is 0 Å². The third kappa shape index (κ3) is 8.71. The molecule has 0 unspecified atom stereocenters. The average molecular weight is 740 g/mol. The first kappa shape index (κ1) is 31.3. The van der Waals surface area contributed by atoms with Gasteiger partial charge in [0.1, 0.15) is 15.9 Å². The van der Waals surface area contributed by atoms with Crippen LogP contribution in [0, 0.1) is 0 Å². The van der Waals surface area contributed by atoms with Crippen LogP contribution in [0.3, 0.4) is 0 Å². The van der Waals surface area contributed by atoms with Gasteiger partial charge in [-0.2, -0.15) is 26.3 Å². The third-order valence-corrected chi connectivity index (χ3v) is 9.44. The number of rotatable bonds is 5. The van der Waals surface area contributed by atoms with Crippen LogP contribution < -0.4 is 15.9 Å². The average Bonchev–Trinajstić information content (AvgIpc) is 2.74.